The maximum Gasteiger partial charge on any atom is 0.186 e. The average molecular weight is 283 g/mol. The molecule has 4 nitrogen and oxygen atoms in total. The van der Waals surface area contributed by atoms with Gasteiger partial charge >= 0.3 is 0 Å². The van der Waals surface area contributed by atoms with Crippen molar-refractivity contribution in [3.63, 3.8) is 0 Å². The molecule has 0 bridgehead atoms. The van der Waals surface area contributed by atoms with Crippen molar-refractivity contribution in [3.8, 4) is 5.75 Å². The van der Waals surface area contributed by atoms with Crippen LogP contribution in [0.5, 0.6) is 5.75 Å². The SMILES string of the molecule is O=S(O)c1ccc(OCCNC2CCCCC2)cc1. The van der Waals surface area contributed by atoms with Crippen LogP contribution < -0.4 is 10.1 Å². The number of nitrogens with one attached hydrogen (secondary N) is 1. The van der Waals surface area contributed by atoms with E-state index < -0.39 is 11.1 Å². The first-order valence-corrected chi connectivity index (χ1v) is 7.93. The van der Waals surface area contributed by atoms with E-state index in [1.54, 1.807) is 24.3 Å². The molecule has 1 aromatic carbocycles. The zero-order chi connectivity index (χ0) is 13.5. The van der Waals surface area contributed by atoms with Crippen LogP contribution >= 0.6 is 0 Å². The molecule has 1 atom stereocenters. The van der Waals surface area contributed by atoms with Gasteiger partial charge in [0.05, 0.1) is 4.90 Å². The van der Waals surface area contributed by atoms with E-state index in [4.69, 9.17) is 9.29 Å². The second kappa shape index (κ2) is 7.62. The second-order valence-corrected chi connectivity index (χ2v) is 5.83. The van der Waals surface area contributed by atoms with Gasteiger partial charge in [-0.05, 0) is 37.1 Å². The van der Waals surface area contributed by atoms with Gasteiger partial charge in [-0.3, -0.25) is 0 Å². The van der Waals surface area contributed by atoms with Crippen LogP contribution in [-0.4, -0.2) is 28.0 Å². The molecule has 5 heteroatoms. The topological polar surface area (TPSA) is 58.6 Å². The Kier molecular flexibility index (Phi) is 5.82. The first kappa shape index (κ1) is 14.5. The normalized spacial score (nSPS) is 18.2. The third kappa shape index (κ3) is 4.93. The maximum absolute atomic E-state index is 10.8. The third-order valence-electron chi connectivity index (χ3n) is 3.43. The lowest BCUT2D eigenvalue weighted by Crippen LogP contribution is -2.34. The highest BCUT2D eigenvalue weighted by Gasteiger charge is 2.11. The van der Waals surface area contributed by atoms with Crippen LogP contribution in [0.25, 0.3) is 0 Å². The summed E-state index contributed by atoms with van der Waals surface area (Å²) in [5, 5.41) is 3.51. The molecule has 0 heterocycles. The van der Waals surface area contributed by atoms with Crippen LogP contribution in [0.1, 0.15) is 32.1 Å². The van der Waals surface area contributed by atoms with Crippen LogP contribution in [0, 0.1) is 0 Å². The Morgan fingerprint density at radius 1 is 1.21 bits per heavy atom. The average Bonchev–Trinajstić information content (AvgIpc) is 2.45. The van der Waals surface area contributed by atoms with Gasteiger partial charge in [-0.1, -0.05) is 19.3 Å². The van der Waals surface area contributed by atoms with Gasteiger partial charge in [0, 0.05) is 12.6 Å². The molecule has 1 saturated carbocycles. The molecular formula is C14H21NO3S. The Bertz CT molecular complexity index is 402. The van der Waals surface area contributed by atoms with Gasteiger partial charge in [-0.2, -0.15) is 0 Å². The van der Waals surface area contributed by atoms with E-state index in [0.717, 1.165) is 12.3 Å². The Labute approximate surface area is 116 Å². The third-order valence-corrected chi connectivity index (χ3v) is 4.11. The van der Waals surface area contributed by atoms with Crippen molar-refractivity contribution < 1.29 is 13.5 Å². The first-order valence-electron chi connectivity index (χ1n) is 6.83. The minimum Gasteiger partial charge on any atom is -0.492 e. The summed E-state index contributed by atoms with van der Waals surface area (Å²) in [6.07, 6.45) is 6.58. The predicted octanol–water partition coefficient (Wildman–Crippen LogP) is 2.57. The van der Waals surface area contributed by atoms with Crippen molar-refractivity contribution in [1.82, 2.24) is 5.32 Å². The number of ether oxygens (including phenoxy) is 1. The maximum atomic E-state index is 10.8. The fraction of sp³-hybridized carbons (Fsp3) is 0.571. The molecule has 2 N–H and O–H groups in total. The predicted molar refractivity (Wildman–Crippen MR) is 75.8 cm³/mol. The molecule has 2 rings (SSSR count). The Morgan fingerprint density at radius 3 is 2.53 bits per heavy atom. The molecule has 1 unspecified atom stereocenters. The van der Waals surface area contributed by atoms with Gasteiger partial charge in [-0.15, -0.1) is 0 Å². The molecule has 0 aromatic heterocycles. The smallest absolute Gasteiger partial charge is 0.186 e. The molecule has 0 spiro atoms. The summed E-state index contributed by atoms with van der Waals surface area (Å²) in [6.45, 7) is 1.47. The summed E-state index contributed by atoms with van der Waals surface area (Å²) in [6, 6.07) is 7.32. The number of rotatable bonds is 6. The van der Waals surface area contributed by atoms with Crippen LogP contribution in [0.2, 0.25) is 0 Å². The second-order valence-electron chi connectivity index (χ2n) is 4.86. The zero-order valence-corrected chi connectivity index (χ0v) is 11.8. The van der Waals surface area contributed by atoms with Crippen molar-refractivity contribution in [2.24, 2.45) is 0 Å². The minimum atomic E-state index is -1.92. The van der Waals surface area contributed by atoms with Gasteiger partial charge in [0.1, 0.15) is 12.4 Å². The molecule has 1 aliphatic carbocycles. The van der Waals surface area contributed by atoms with Crippen molar-refractivity contribution in [2.75, 3.05) is 13.2 Å². The van der Waals surface area contributed by atoms with E-state index in [1.165, 1.54) is 32.1 Å². The van der Waals surface area contributed by atoms with E-state index in [1.807, 2.05) is 0 Å². The van der Waals surface area contributed by atoms with Crippen LogP contribution in [0.4, 0.5) is 0 Å². The van der Waals surface area contributed by atoms with Gasteiger partial charge in [-0.25, -0.2) is 4.21 Å². The Balaban J connectivity index is 1.66. The van der Waals surface area contributed by atoms with Gasteiger partial charge in [0.2, 0.25) is 0 Å². The van der Waals surface area contributed by atoms with E-state index >= 15 is 0 Å². The molecule has 0 saturated heterocycles. The molecule has 19 heavy (non-hydrogen) atoms. The van der Waals surface area contributed by atoms with Crippen LogP contribution in [0.15, 0.2) is 29.2 Å². The lowest BCUT2D eigenvalue weighted by Gasteiger charge is -2.22. The van der Waals surface area contributed by atoms with Crippen molar-refractivity contribution in [1.29, 1.82) is 0 Å². The molecular weight excluding hydrogens is 262 g/mol. The first-order chi connectivity index (χ1) is 9.25. The summed E-state index contributed by atoms with van der Waals surface area (Å²) in [5.41, 5.74) is 0. The fourth-order valence-corrected chi connectivity index (χ4v) is 2.76. The number of benzene rings is 1. The molecule has 0 radical (unpaired) electrons. The van der Waals surface area contributed by atoms with Crippen molar-refractivity contribution >= 4 is 11.1 Å². The summed E-state index contributed by atoms with van der Waals surface area (Å²) in [7, 11) is 0. The standard InChI is InChI=1S/C14H21NO3S/c16-19(17)14-8-6-13(7-9-14)18-11-10-15-12-4-2-1-3-5-12/h6-9,12,15H,1-5,10-11H2,(H,16,17). The molecule has 1 aromatic rings. The lowest BCUT2D eigenvalue weighted by atomic mass is 9.96. The van der Waals surface area contributed by atoms with Crippen LogP contribution in [-0.2, 0) is 11.1 Å². The Morgan fingerprint density at radius 2 is 1.89 bits per heavy atom. The molecule has 0 aliphatic heterocycles. The zero-order valence-electron chi connectivity index (χ0n) is 11.0. The summed E-state index contributed by atoms with van der Waals surface area (Å²) in [5.74, 6) is 0.736. The fourth-order valence-electron chi connectivity index (χ4n) is 2.39. The highest BCUT2D eigenvalue weighted by molar-refractivity contribution is 7.79. The van der Waals surface area contributed by atoms with E-state index in [2.05, 4.69) is 5.32 Å². The van der Waals surface area contributed by atoms with Gasteiger partial charge in [0.25, 0.3) is 0 Å². The largest absolute Gasteiger partial charge is 0.492 e. The minimum absolute atomic E-state index is 0.396. The summed E-state index contributed by atoms with van der Waals surface area (Å²) in [4.78, 5) is 0.396. The molecule has 1 fully saturated rings. The van der Waals surface area contributed by atoms with E-state index in [0.29, 0.717) is 17.5 Å². The monoisotopic (exact) mass is 283 g/mol. The van der Waals surface area contributed by atoms with Crippen molar-refractivity contribution in [3.05, 3.63) is 24.3 Å². The molecule has 106 valence electrons. The van der Waals surface area contributed by atoms with Gasteiger partial charge < -0.3 is 14.6 Å². The Hall–Kier alpha value is -0.910. The van der Waals surface area contributed by atoms with Gasteiger partial charge in [0.15, 0.2) is 11.1 Å². The summed E-state index contributed by atoms with van der Waals surface area (Å²) < 4.78 is 25.3. The highest BCUT2D eigenvalue weighted by Crippen LogP contribution is 2.17. The summed E-state index contributed by atoms with van der Waals surface area (Å²) >= 11 is -1.92. The van der Waals surface area contributed by atoms with Crippen molar-refractivity contribution in [2.45, 2.75) is 43.0 Å². The lowest BCUT2D eigenvalue weighted by molar-refractivity contribution is 0.289. The molecule has 1 aliphatic rings. The van der Waals surface area contributed by atoms with E-state index in [9.17, 15) is 4.21 Å². The van der Waals surface area contributed by atoms with E-state index in [-0.39, 0.29) is 0 Å². The quantitative estimate of drug-likeness (QED) is 0.622. The number of hydrogen-bond donors (Lipinski definition) is 2. The number of hydrogen-bond acceptors (Lipinski definition) is 3. The van der Waals surface area contributed by atoms with Crippen LogP contribution in [0.3, 0.4) is 0 Å². The highest BCUT2D eigenvalue weighted by atomic mass is 32.2. The molecule has 0 amide bonds.